The molecule has 0 fully saturated rings. The van der Waals surface area contributed by atoms with Gasteiger partial charge in [0, 0.05) is 40.0 Å². The van der Waals surface area contributed by atoms with E-state index in [9.17, 15) is 0 Å². The second-order valence-electron chi connectivity index (χ2n) is 10.5. The molecule has 37 heavy (non-hydrogen) atoms. The molecule has 0 N–H and O–H groups in total. The van der Waals surface area contributed by atoms with Crippen molar-refractivity contribution in [2.75, 3.05) is 0 Å². The Bertz CT molecular complexity index is 1970. The molecule has 1 aliphatic rings. The van der Waals surface area contributed by atoms with Crippen molar-refractivity contribution in [3.05, 3.63) is 116 Å². The maximum Gasteiger partial charge on any atom is 0.137 e. The van der Waals surface area contributed by atoms with Crippen LogP contribution in [0.3, 0.4) is 0 Å². The quantitative estimate of drug-likeness (QED) is 0.241. The lowest BCUT2D eigenvalue weighted by atomic mass is 10.0. The van der Waals surface area contributed by atoms with Gasteiger partial charge in [-0.2, -0.15) is 0 Å². The van der Waals surface area contributed by atoms with E-state index in [4.69, 9.17) is 4.98 Å². The van der Waals surface area contributed by atoms with E-state index in [1.807, 2.05) is 24.4 Å². The Morgan fingerprint density at radius 3 is 2.32 bits per heavy atom. The summed E-state index contributed by atoms with van der Waals surface area (Å²) in [5, 5.41) is 5.69. The van der Waals surface area contributed by atoms with E-state index >= 15 is 0 Å². The van der Waals surface area contributed by atoms with Gasteiger partial charge < -0.3 is 8.97 Å². The SMILES string of the molecule is C[Si]1(C)c2ccccc2-c2c1ccc1c3ccccc3n(-c3ccc(-c4cn5ccccc5n4)cc3)c21. The normalized spacial score (nSPS) is 13.9. The monoisotopic (exact) mass is 491 g/mol. The van der Waals surface area contributed by atoms with Crippen molar-refractivity contribution in [2.24, 2.45) is 0 Å². The zero-order valence-electron chi connectivity index (χ0n) is 20.8. The van der Waals surface area contributed by atoms with Crippen LogP contribution >= 0.6 is 0 Å². The summed E-state index contributed by atoms with van der Waals surface area (Å²) in [6.45, 7) is 4.97. The molecule has 0 saturated carbocycles. The molecule has 0 amide bonds. The Morgan fingerprint density at radius 1 is 0.676 bits per heavy atom. The molecular formula is C33H25N3Si. The van der Waals surface area contributed by atoms with Gasteiger partial charge in [0.2, 0.25) is 0 Å². The molecule has 8 rings (SSSR count). The second-order valence-corrected chi connectivity index (χ2v) is 14.9. The Labute approximate surface area is 216 Å². The van der Waals surface area contributed by atoms with Crippen molar-refractivity contribution in [1.29, 1.82) is 0 Å². The highest BCUT2D eigenvalue weighted by Gasteiger charge is 2.39. The second kappa shape index (κ2) is 7.31. The standard InChI is InChI=1S/C33H25N3Si/c1-37(2)29-12-6-4-10-26(29)32-30(37)19-18-25-24-9-3-5-11-28(24)36(33(25)32)23-16-14-22(15-17-23)27-21-35-20-8-7-13-31(35)34-27/h3-21H,1-2H3. The largest absolute Gasteiger partial charge is 0.309 e. The molecule has 176 valence electrons. The van der Waals surface area contributed by atoms with Crippen molar-refractivity contribution < 1.29 is 0 Å². The molecule has 0 spiro atoms. The number of benzene rings is 4. The first-order valence-electron chi connectivity index (χ1n) is 12.8. The predicted molar refractivity (Wildman–Crippen MR) is 157 cm³/mol. The first-order valence-corrected chi connectivity index (χ1v) is 15.8. The molecule has 0 saturated heterocycles. The Morgan fingerprint density at radius 2 is 1.46 bits per heavy atom. The van der Waals surface area contributed by atoms with Gasteiger partial charge in [-0.1, -0.05) is 85.9 Å². The minimum Gasteiger partial charge on any atom is -0.309 e. The fraction of sp³-hybridized carbons (Fsp3) is 0.0606. The summed E-state index contributed by atoms with van der Waals surface area (Å²) in [6, 6.07) is 37.6. The lowest BCUT2D eigenvalue weighted by molar-refractivity contribution is 1.18. The number of rotatable bonds is 2. The van der Waals surface area contributed by atoms with Crippen molar-refractivity contribution >= 4 is 45.9 Å². The molecule has 4 heteroatoms. The van der Waals surface area contributed by atoms with Crippen LogP contribution in [0.15, 0.2) is 116 Å². The van der Waals surface area contributed by atoms with Crippen molar-refractivity contribution in [2.45, 2.75) is 13.1 Å². The van der Waals surface area contributed by atoms with Crippen LogP contribution in [0.2, 0.25) is 13.1 Å². The third-order valence-electron chi connectivity index (χ3n) is 8.17. The molecular weight excluding hydrogens is 466 g/mol. The third kappa shape index (κ3) is 2.79. The summed E-state index contributed by atoms with van der Waals surface area (Å²) in [4.78, 5) is 4.82. The van der Waals surface area contributed by atoms with Gasteiger partial charge in [0.15, 0.2) is 0 Å². The number of hydrogen-bond acceptors (Lipinski definition) is 1. The maximum absolute atomic E-state index is 4.82. The van der Waals surface area contributed by atoms with Gasteiger partial charge in [-0.05, 0) is 46.3 Å². The predicted octanol–water partition coefficient (Wildman–Crippen LogP) is 6.90. The molecule has 7 aromatic rings. The Balaban J connectivity index is 1.40. The van der Waals surface area contributed by atoms with E-state index in [1.54, 1.807) is 0 Å². The van der Waals surface area contributed by atoms with E-state index < -0.39 is 8.07 Å². The Hall–Kier alpha value is -4.41. The summed E-state index contributed by atoms with van der Waals surface area (Å²) in [7, 11) is -1.76. The van der Waals surface area contributed by atoms with E-state index in [0.717, 1.165) is 16.9 Å². The minimum absolute atomic E-state index is 0.963. The third-order valence-corrected chi connectivity index (χ3v) is 11.7. The number of aromatic nitrogens is 3. The van der Waals surface area contributed by atoms with Crippen LogP contribution in [0.1, 0.15) is 0 Å². The van der Waals surface area contributed by atoms with Crippen LogP contribution < -0.4 is 10.4 Å². The molecule has 0 aliphatic carbocycles. The lowest BCUT2D eigenvalue weighted by Crippen LogP contribution is -2.49. The highest BCUT2D eigenvalue weighted by molar-refractivity contribution is 7.04. The van der Waals surface area contributed by atoms with Gasteiger partial charge in [-0.15, -0.1) is 0 Å². The van der Waals surface area contributed by atoms with Gasteiger partial charge in [0.05, 0.1) is 16.7 Å². The number of para-hydroxylation sites is 1. The first-order chi connectivity index (χ1) is 18.1. The van der Waals surface area contributed by atoms with Crippen LogP contribution in [0, 0.1) is 0 Å². The molecule has 0 bridgehead atoms. The van der Waals surface area contributed by atoms with Gasteiger partial charge in [-0.3, -0.25) is 0 Å². The van der Waals surface area contributed by atoms with Crippen molar-refractivity contribution in [3.8, 4) is 28.1 Å². The average Bonchev–Trinajstić information content (AvgIpc) is 3.58. The molecule has 4 aromatic carbocycles. The van der Waals surface area contributed by atoms with Crippen molar-refractivity contribution in [3.63, 3.8) is 0 Å². The first kappa shape index (κ1) is 20.7. The van der Waals surface area contributed by atoms with Crippen LogP contribution in [0.4, 0.5) is 0 Å². The topological polar surface area (TPSA) is 22.2 Å². The fourth-order valence-electron chi connectivity index (χ4n) is 6.37. The fourth-order valence-corrected chi connectivity index (χ4v) is 9.43. The highest BCUT2D eigenvalue weighted by Crippen LogP contribution is 2.40. The van der Waals surface area contributed by atoms with Crippen LogP contribution in [0.25, 0.3) is 55.5 Å². The van der Waals surface area contributed by atoms with Crippen LogP contribution in [-0.4, -0.2) is 22.0 Å². The van der Waals surface area contributed by atoms with Gasteiger partial charge in [0.1, 0.15) is 13.7 Å². The molecule has 0 unspecified atom stereocenters. The average molecular weight is 492 g/mol. The number of fused-ring (bicyclic) bond motifs is 8. The zero-order chi connectivity index (χ0) is 24.7. The number of hydrogen-bond donors (Lipinski definition) is 0. The van der Waals surface area contributed by atoms with E-state index in [0.29, 0.717) is 0 Å². The van der Waals surface area contributed by atoms with E-state index in [2.05, 4.69) is 113 Å². The summed E-state index contributed by atoms with van der Waals surface area (Å²) < 4.78 is 4.55. The van der Waals surface area contributed by atoms with Crippen LogP contribution in [0.5, 0.6) is 0 Å². The minimum atomic E-state index is -1.76. The zero-order valence-corrected chi connectivity index (χ0v) is 21.8. The highest BCUT2D eigenvalue weighted by atomic mass is 28.3. The number of nitrogens with zero attached hydrogens (tertiary/aromatic N) is 3. The van der Waals surface area contributed by atoms with Gasteiger partial charge in [-0.25, -0.2) is 4.98 Å². The molecule has 3 nitrogen and oxygen atoms in total. The van der Waals surface area contributed by atoms with Crippen molar-refractivity contribution in [1.82, 2.24) is 14.0 Å². The molecule has 1 aliphatic heterocycles. The van der Waals surface area contributed by atoms with Gasteiger partial charge >= 0.3 is 0 Å². The number of imidazole rings is 1. The molecule has 0 atom stereocenters. The molecule has 3 aromatic heterocycles. The summed E-state index contributed by atoms with van der Waals surface area (Å²) in [5.41, 5.74) is 9.65. The lowest BCUT2D eigenvalue weighted by Gasteiger charge is -2.18. The summed E-state index contributed by atoms with van der Waals surface area (Å²) in [5.74, 6) is 0. The van der Waals surface area contributed by atoms with Crippen LogP contribution in [-0.2, 0) is 0 Å². The van der Waals surface area contributed by atoms with Gasteiger partial charge in [0.25, 0.3) is 0 Å². The van der Waals surface area contributed by atoms with E-state index in [-0.39, 0.29) is 0 Å². The van der Waals surface area contributed by atoms with E-state index in [1.165, 1.54) is 49.0 Å². The number of pyridine rings is 1. The summed E-state index contributed by atoms with van der Waals surface area (Å²) >= 11 is 0. The summed E-state index contributed by atoms with van der Waals surface area (Å²) in [6.07, 6.45) is 4.14. The maximum atomic E-state index is 4.82. The molecule has 4 heterocycles. The smallest absolute Gasteiger partial charge is 0.137 e. The Kier molecular flexibility index (Phi) is 4.10. The molecule has 0 radical (unpaired) electrons.